The van der Waals surface area contributed by atoms with Crippen LogP contribution in [-0.2, 0) is 13.1 Å². The first-order valence-electron chi connectivity index (χ1n) is 7.48. The minimum atomic E-state index is -0.193. The van der Waals surface area contributed by atoms with Crippen LogP contribution in [0.3, 0.4) is 0 Å². The highest BCUT2D eigenvalue weighted by Gasteiger charge is 2.03. The zero-order chi connectivity index (χ0) is 16.7. The molecule has 23 heavy (non-hydrogen) atoms. The van der Waals surface area contributed by atoms with Crippen LogP contribution in [0.2, 0.25) is 0 Å². The zero-order valence-electron chi connectivity index (χ0n) is 13.8. The second-order valence-electron chi connectivity index (χ2n) is 5.60. The molecule has 2 aromatic carbocycles. The van der Waals surface area contributed by atoms with E-state index < -0.39 is 0 Å². The molecule has 0 aliphatic heterocycles. The van der Waals surface area contributed by atoms with Crippen molar-refractivity contribution in [1.82, 2.24) is 10.2 Å². The van der Waals surface area contributed by atoms with Gasteiger partial charge in [0.1, 0.15) is 0 Å². The van der Waals surface area contributed by atoms with Gasteiger partial charge in [0.15, 0.2) is 0 Å². The molecule has 0 heterocycles. The highest BCUT2D eigenvalue weighted by molar-refractivity contribution is 7.98. The highest BCUT2D eigenvalue weighted by atomic mass is 32.2. The average molecular weight is 329 g/mol. The summed E-state index contributed by atoms with van der Waals surface area (Å²) >= 11 is 1.65. The number of urea groups is 1. The summed E-state index contributed by atoms with van der Waals surface area (Å²) in [6.45, 7) is 1.40. The lowest BCUT2D eigenvalue weighted by Crippen LogP contribution is -2.28. The van der Waals surface area contributed by atoms with Crippen LogP contribution in [0.5, 0.6) is 0 Å². The minimum absolute atomic E-state index is 0.193. The van der Waals surface area contributed by atoms with Crippen LogP contribution in [0.1, 0.15) is 11.1 Å². The second-order valence-corrected chi connectivity index (χ2v) is 6.48. The maximum Gasteiger partial charge on any atom is 0.319 e. The van der Waals surface area contributed by atoms with Crippen molar-refractivity contribution in [2.45, 2.75) is 18.0 Å². The summed E-state index contributed by atoms with van der Waals surface area (Å²) in [5, 5.41) is 5.76. The molecule has 0 saturated carbocycles. The van der Waals surface area contributed by atoms with E-state index in [1.165, 1.54) is 5.56 Å². The summed E-state index contributed by atoms with van der Waals surface area (Å²) in [5.74, 6) is 0. The molecule has 5 heteroatoms. The Morgan fingerprint density at radius 1 is 1.09 bits per heavy atom. The van der Waals surface area contributed by atoms with Gasteiger partial charge in [0, 0.05) is 23.7 Å². The quantitative estimate of drug-likeness (QED) is 0.793. The van der Waals surface area contributed by atoms with Crippen LogP contribution in [0.25, 0.3) is 0 Å². The Hall–Kier alpha value is -1.98. The lowest BCUT2D eigenvalue weighted by molar-refractivity contribution is 0.251. The summed E-state index contributed by atoms with van der Waals surface area (Å²) < 4.78 is 0. The van der Waals surface area contributed by atoms with E-state index in [-0.39, 0.29) is 6.03 Å². The molecular formula is C18H23N3OS. The van der Waals surface area contributed by atoms with Crippen LogP contribution in [0.4, 0.5) is 10.5 Å². The molecule has 0 spiro atoms. The fraction of sp³-hybridized carbons (Fsp3) is 0.278. The van der Waals surface area contributed by atoms with E-state index in [1.54, 1.807) is 11.8 Å². The number of nitrogens with one attached hydrogen (secondary N) is 2. The number of carbonyl (C=O) groups is 1. The van der Waals surface area contributed by atoms with Gasteiger partial charge in [-0.25, -0.2) is 4.79 Å². The smallest absolute Gasteiger partial charge is 0.319 e. The van der Waals surface area contributed by atoms with Crippen LogP contribution < -0.4 is 10.6 Å². The summed E-state index contributed by atoms with van der Waals surface area (Å²) in [7, 11) is 4.09. The SMILES string of the molecule is CSc1cccc(NC(=O)NCc2cccc(CN(C)C)c2)c1. The molecule has 2 N–H and O–H groups in total. The lowest BCUT2D eigenvalue weighted by Gasteiger charge is -2.12. The number of hydrogen-bond acceptors (Lipinski definition) is 3. The van der Waals surface area contributed by atoms with E-state index in [2.05, 4.69) is 27.7 Å². The molecule has 0 aliphatic rings. The van der Waals surface area contributed by atoms with Crippen molar-refractivity contribution in [2.75, 3.05) is 25.7 Å². The fourth-order valence-electron chi connectivity index (χ4n) is 2.26. The van der Waals surface area contributed by atoms with Gasteiger partial charge >= 0.3 is 6.03 Å². The average Bonchev–Trinajstić information content (AvgIpc) is 2.53. The van der Waals surface area contributed by atoms with Crippen LogP contribution in [0, 0.1) is 0 Å². The molecule has 2 aromatic rings. The summed E-state index contributed by atoms with van der Waals surface area (Å²) in [5.41, 5.74) is 3.13. The van der Waals surface area contributed by atoms with Crippen LogP contribution in [0.15, 0.2) is 53.4 Å². The van der Waals surface area contributed by atoms with Crippen LogP contribution in [-0.4, -0.2) is 31.3 Å². The van der Waals surface area contributed by atoms with E-state index in [9.17, 15) is 4.79 Å². The number of carbonyl (C=O) groups excluding carboxylic acids is 1. The van der Waals surface area contributed by atoms with Crippen LogP contribution >= 0.6 is 11.8 Å². The molecule has 0 aliphatic carbocycles. The fourth-order valence-corrected chi connectivity index (χ4v) is 2.72. The van der Waals surface area contributed by atoms with Gasteiger partial charge in [-0.05, 0) is 49.7 Å². The van der Waals surface area contributed by atoms with E-state index in [1.807, 2.05) is 56.7 Å². The van der Waals surface area contributed by atoms with Crippen molar-refractivity contribution in [1.29, 1.82) is 0 Å². The number of rotatable bonds is 6. The van der Waals surface area contributed by atoms with E-state index in [0.717, 1.165) is 22.7 Å². The number of nitrogens with zero attached hydrogens (tertiary/aromatic N) is 1. The van der Waals surface area contributed by atoms with Gasteiger partial charge in [-0.3, -0.25) is 0 Å². The first-order valence-corrected chi connectivity index (χ1v) is 8.71. The van der Waals surface area contributed by atoms with Gasteiger partial charge in [-0.2, -0.15) is 0 Å². The largest absolute Gasteiger partial charge is 0.334 e. The van der Waals surface area contributed by atoms with Gasteiger partial charge in [0.25, 0.3) is 0 Å². The topological polar surface area (TPSA) is 44.4 Å². The van der Waals surface area contributed by atoms with Gasteiger partial charge < -0.3 is 15.5 Å². The standard InChI is InChI=1S/C18H23N3OS/c1-21(2)13-15-7-4-6-14(10-15)12-19-18(22)20-16-8-5-9-17(11-16)23-3/h4-11H,12-13H2,1-3H3,(H2,19,20,22). The predicted octanol–water partition coefficient (Wildman–Crippen LogP) is 3.79. The highest BCUT2D eigenvalue weighted by Crippen LogP contribution is 2.18. The first kappa shape index (κ1) is 17.4. The van der Waals surface area contributed by atoms with Crippen molar-refractivity contribution in [2.24, 2.45) is 0 Å². The number of amides is 2. The molecule has 0 radical (unpaired) electrons. The Morgan fingerprint density at radius 2 is 1.83 bits per heavy atom. The van der Waals surface area contributed by atoms with Crippen molar-refractivity contribution in [3.63, 3.8) is 0 Å². The molecule has 2 rings (SSSR count). The Balaban J connectivity index is 1.88. The third kappa shape index (κ3) is 5.96. The Kier molecular flexibility index (Phi) is 6.50. The molecule has 4 nitrogen and oxygen atoms in total. The number of benzene rings is 2. The van der Waals surface area contributed by atoms with Crippen molar-refractivity contribution >= 4 is 23.5 Å². The number of anilines is 1. The molecule has 0 unspecified atom stereocenters. The Bertz CT molecular complexity index is 658. The maximum absolute atomic E-state index is 12.0. The molecule has 0 fully saturated rings. The Morgan fingerprint density at radius 3 is 2.57 bits per heavy atom. The van der Waals surface area contributed by atoms with Gasteiger partial charge in [0.05, 0.1) is 0 Å². The molecule has 122 valence electrons. The maximum atomic E-state index is 12.0. The van der Waals surface area contributed by atoms with E-state index in [0.29, 0.717) is 6.54 Å². The third-order valence-corrected chi connectivity index (χ3v) is 4.00. The second kappa shape index (κ2) is 8.60. The molecular weight excluding hydrogens is 306 g/mol. The van der Waals surface area contributed by atoms with Crippen molar-refractivity contribution in [3.05, 3.63) is 59.7 Å². The summed E-state index contributed by atoms with van der Waals surface area (Å²) in [4.78, 5) is 15.3. The lowest BCUT2D eigenvalue weighted by atomic mass is 10.1. The zero-order valence-corrected chi connectivity index (χ0v) is 14.6. The van der Waals surface area contributed by atoms with E-state index >= 15 is 0 Å². The predicted molar refractivity (Wildman–Crippen MR) is 97.9 cm³/mol. The van der Waals surface area contributed by atoms with Gasteiger partial charge in [-0.15, -0.1) is 11.8 Å². The summed E-state index contributed by atoms with van der Waals surface area (Å²) in [6.07, 6.45) is 2.01. The van der Waals surface area contributed by atoms with Crippen molar-refractivity contribution in [3.8, 4) is 0 Å². The third-order valence-electron chi connectivity index (χ3n) is 3.27. The molecule has 0 saturated heterocycles. The Labute approximate surface area is 142 Å². The van der Waals surface area contributed by atoms with E-state index in [4.69, 9.17) is 0 Å². The molecule has 0 aromatic heterocycles. The summed E-state index contributed by atoms with van der Waals surface area (Å²) in [6, 6.07) is 15.9. The minimum Gasteiger partial charge on any atom is -0.334 e. The first-order chi connectivity index (χ1) is 11.1. The number of thioether (sulfide) groups is 1. The van der Waals surface area contributed by atoms with Gasteiger partial charge in [0.2, 0.25) is 0 Å². The molecule has 0 atom stereocenters. The molecule has 0 bridgehead atoms. The van der Waals surface area contributed by atoms with Gasteiger partial charge in [-0.1, -0.05) is 30.3 Å². The monoisotopic (exact) mass is 329 g/mol. The molecule has 2 amide bonds. The van der Waals surface area contributed by atoms with Crippen molar-refractivity contribution < 1.29 is 4.79 Å². The number of hydrogen-bond donors (Lipinski definition) is 2. The normalized spacial score (nSPS) is 10.6.